The molecule has 1 aromatic carbocycles. The van der Waals surface area contributed by atoms with Crippen LogP contribution >= 0.6 is 12.4 Å². The fourth-order valence-corrected chi connectivity index (χ4v) is 3.04. The van der Waals surface area contributed by atoms with Gasteiger partial charge in [-0.1, -0.05) is 39.0 Å². The minimum absolute atomic E-state index is 0. The van der Waals surface area contributed by atoms with Gasteiger partial charge in [-0.25, -0.2) is 0 Å². The van der Waals surface area contributed by atoms with Crippen molar-refractivity contribution in [3.63, 3.8) is 0 Å². The molecule has 0 saturated carbocycles. The number of carbonyl (C=O) groups is 1. The van der Waals surface area contributed by atoms with Crippen LogP contribution in [0.25, 0.3) is 0 Å². The van der Waals surface area contributed by atoms with E-state index >= 15 is 0 Å². The molecule has 1 fully saturated rings. The van der Waals surface area contributed by atoms with Crippen molar-refractivity contribution in [2.45, 2.75) is 65.7 Å². The fraction of sp³-hybridized carbons (Fsp3) is 0.650. The van der Waals surface area contributed by atoms with Gasteiger partial charge in [0.15, 0.2) is 0 Å². The maximum Gasteiger partial charge on any atom is 0.249 e. The smallest absolute Gasteiger partial charge is 0.249 e. The summed E-state index contributed by atoms with van der Waals surface area (Å²) >= 11 is 0. The molecule has 6 heteroatoms. The molecule has 0 bridgehead atoms. The van der Waals surface area contributed by atoms with Crippen molar-refractivity contribution in [2.24, 2.45) is 11.1 Å². The first-order valence-corrected chi connectivity index (χ1v) is 9.07. The number of aryl methyl sites for hydroxylation is 2. The van der Waals surface area contributed by atoms with E-state index in [9.17, 15) is 4.79 Å². The summed E-state index contributed by atoms with van der Waals surface area (Å²) in [6.45, 7) is 11.3. The Hall–Kier alpha value is -1.30. The van der Waals surface area contributed by atoms with Gasteiger partial charge in [-0.05, 0) is 43.2 Å². The van der Waals surface area contributed by atoms with E-state index in [4.69, 9.17) is 15.2 Å². The standard InChI is InChI=1S/C20H32N2O3.ClH/c1-13-7-6-8-14(2)18(13)24-12-17(20(3,4)5)22-19(23)16-10-9-15(11-21)25-16;/h6-8,15-17H,9-12,21H2,1-5H3,(H,22,23);1H/t15-,16+,17?;/m1./s1. The highest BCUT2D eigenvalue weighted by atomic mass is 35.5. The van der Waals surface area contributed by atoms with Crippen molar-refractivity contribution in [3.8, 4) is 5.75 Å². The van der Waals surface area contributed by atoms with Crippen LogP contribution in [-0.4, -0.2) is 37.3 Å². The van der Waals surface area contributed by atoms with Crippen LogP contribution in [0.4, 0.5) is 0 Å². The summed E-state index contributed by atoms with van der Waals surface area (Å²) in [5.74, 6) is 0.826. The Morgan fingerprint density at radius 3 is 2.42 bits per heavy atom. The molecular weight excluding hydrogens is 352 g/mol. The second kappa shape index (κ2) is 9.58. The highest BCUT2D eigenvalue weighted by molar-refractivity contribution is 5.85. The van der Waals surface area contributed by atoms with Gasteiger partial charge in [0.1, 0.15) is 18.5 Å². The third-order valence-corrected chi connectivity index (χ3v) is 4.83. The van der Waals surface area contributed by atoms with Gasteiger partial charge >= 0.3 is 0 Å². The van der Waals surface area contributed by atoms with Gasteiger partial charge in [-0.15, -0.1) is 12.4 Å². The average molecular weight is 385 g/mol. The number of carbonyl (C=O) groups excluding carboxylic acids is 1. The van der Waals surface area contributed by atoms with Crippen molar-refractivity contribution >= 4 is 18.3 Å². The molecule has 0 aliphatic carbocycles. The molecule has 1 aromatic rings. The molecule has 1 saturated heterocycles. The number of benzene rings is 1. The van der Waals surface area contributed by atoms with Gasteiger partial charge in [-0.2, -0.15) is 0 Å². The number of amides is 1. The number of halogens is 1. The zero-order valence-corrected chi connectivity index (χ0v) is 17.3. The molecule has 0 aromatic heterocycles. The SMILES string of the molecule is Cc1cccc(C)c1OCC(NC(=O)[C@@H]1CC[C@H](CN)O1)C(C)(C)C.Cl. The minimum Gasteiger partial charge on any atom is -0.491 e. The van der Waals surface area contributed by atoms with Crippen molar-refractivity contribution in [2.75, 3.05) is 13.2 Å². The van der Waals surface area contributed by atoms with Gasteiger partial charge in [0.05, 0.1) is 12.1 Å². The maximum atomic E-state index is 12.6. The van der Waals surface area contributed by atoms with Crippen LogP contribution in [0.3, 0.4) is 0 Å². The van der Waals surface area contributed by atoms with Gasteiger partial charge in [0.2, 0.25) is 5.91 Å². The molecule has 1 unspecified atom stereocenters. The molecule has 5 nitrogen and oxygen atoms in total. The first kappa shape index (κ1) is 22.7. The Morgan fingerprint density at radius 2 is 1.92 bits per heavy atom. The van der Waals surface area contributed by atoms with Crippen LogP contribution in [-0.2, 0) is 9.53 Å². The van der Waals surface area contributed by atoms with Crippen molar-refractivity contribution < 1.29 is 14.3 Å². The monoisotopic (exact) mass is 384 g/mol. The molecule has 1 amide bonds. The van der Waals surface area contributed by atoms with Gasteiger partial charge in [0.25, 0.3) is 0 Å². The summed E-state index contributed by atoms with van der Waals surface area (Å²) in [6, 6.07) is 5.98. The summed E-state index contributed by atoms with van der Waals surface area (Å²) in [5.41, 5.74) is 7.71. The Bertz CT molecular complexity index is 581. The average Bonchev–Trinajstić information content (AvgIpc) is 3.01. The quantitative estimate of drug-likeness (QED) is 0.790. The third-order valence-electron chi connectivity index (χ3n) is 4.83. The number of para-hydroxylation sites is 1. The van der Waals surface area contributed by atoms with Crippen molar-refractivity contribution in [1.82, 2.24) is 5.32 Å². The Balaban J connectivity index is 0.00000338. The lowest BCUT2D eigenvalue weighted by molar-refractivity contribution is -0.133. The van der Waals surface area contributed by atoms with Crippen LogP contribution in [0.15, 0.2) is 18.2 Å². The molecule has 0 radical (unpaired) electrons. The van der Waals surface area contributed by atoms with Crippen molar-refractivity contribution in [1.29, 1.82) is 0 Å². The number of hydrogen-bond acceptors (Lipinski definition) is 4. The van der Waals surface area contributed by atoms with Gasteiger partial charge in [-0.3, -0.25) is 4.79 Å². The minimum atomic E-state index is -0.404. The summed E-state index contributed by atoms with van der Waals surface area (Å²) < 4.78 is 11.8. The molecular formula is C20H33ClN2O3. The second-order valence-corrected chi connectivity index (χ2v) is 8.02. The van der Waals surface area contributed by atoms with Crippen LogP contribution in [0.1, 0.15) is 44.7 Å². The molecule has 26 heavy (non-hydrogen) atoms. The lowest BCUT2D eigenvalue weighted by Gasteiger charge is -2.32. The van der Waals surface area contributed by atoms with Gasteiger partial charge in [0, 0.05) is 6.54 Å². The van der Waals surface area contributed by atoms with E-state index in [0.717, 1.165) is 29.7 Å². The Labute approximate surface area is 163 Å². The predicted octanol–water partition coefficient (Wildman–Crippen LogP) is 3.14. The lowest BCUT2D eigenvalue weighted by Crippen LogP contribution is -2.50. The molecule has 2 rings (SSSR count). The van der Waals surface area contributed by atoms with E-state index in [1.54, 1.807) is 0 Å². The van der Waals surface area contributed by atoms with Gasteiger partial charge < -0.3 is 20.5 Å². The highest BCUT2D eigenvalue weighted by Gasteiger charge is 2.34. The second-order valence-electron chi connectivity index (χ2n) is 8.02. The number of nitrogens with two attached hydrogens (primary N) is 1. The topological polar surface area (TPSA) is 73.6 Å². The number of ether oxygens (including phenoxy) is 2. The summed E-state index contributed by atoms with van der Waals surface area (Å²) in [6.07, 6.45) is 1.16. The zero-order valence-electron chi connectivity index (χ0n) is 16.5. The lowest BCUT2D eigenvalue weighted by atomic mass is 9.87. The van der Waals surface area contributed by atoms with Crippen LogP contribution < -0.4 is 15.8 Å². The Kier molecular flexibility index (Phi) is 8.38. The molecule has 3 N–H and O–H groups in total. The molecule has 1 aliphatic heterocycles. The summed E-state index contributed by atoms with van der Waals surface area (Å²) in [4.78, 5) is 12.6. The predicted molar refractivity (Wildman–Crippen MR) is 107 cm³/mol. The fourth-order valence-electron chi connectivity index (χ4n) is 3.04. The van der Waals surface area contributed by atoms with E-state index in [-0.39, 0.29) is 35.9 Å². The van der Waals surface area contributed by atoms with E-state index in [0.29, 0.717) is 13.2 Å². The number of hydrogen-bond donors (Lipinski definition) is 2. The first-order chi connectivity index (χ1) is 11.7. The first-order valence-electron chi connectivity index (χ1n) is 9.07. The normalized spacial score (nSPS) is 21.0. The Morgan fingerprint density at radius 1 is 1.31 bits per heavy atom. The molecule has 1 heterocycles. The molecule has 0 spiro atoms. The van der Waals surface area contributed by atoms with Crippen LogP contribution in [0, 0.1) is 19.3 Å². The van der Waals surface area contributed by atoms with E-state index in [2.05, 4.69) is 26.1 Å². The summed E-state index contributed by atoms with van der Waals surface area (Å²) in [5, 5.41) is 3.12. The zero-order chi connectivity index (χ0) is 18.6. The molecule has 1 aliphatic rings. The van der Waals surface area contributed by atoms with Crippen LogP contribution in [0.2, 0.25) is 0 Å². The molecule has 148 valence electrons. The molecule has 3 atom stereocenters. The summed E-state index contributed by atoms with van der Waals surface area (Å²) in [7, 11) is 0. The third kappa shape index (κ3) is 5.86. The number of rotatable bonds is 6. The van der Waals surface area contributed by atoms with Crippen LogP contribution in [0.5, 0.6) is 5.75 Å². The van der Waals surface area contributed by atoms with E-state index in [1.165, 1.54) is 0 Å². The van der Waals surface area contributed by atoms with E-state index in [1.807, 2.05) is 32.0 Å². The highest BCUT2D eigenvalue weighted by Crippen LogP contribution is 2.26. The maximum absolute atomic E-state index is 12.6. The largest absolute Gasteiger partial charge is 0.491 e. The van der Waals surface area contributed by atoms with Crippen molar-refractivity contribution in [3.05, 3.63) is 29.3 Å². The number of nitrogens with one attached hydrogen (secondary N) is 1. The van der Waals surface area contributed by atoms with E-state index < -0.39 is 6.10 Å².